The molecule has 0 saturated heterocycles. The van der Waals surface area contributed by atoms with Crippen LogP contribution in [0.2, 0.25) is 0 Å². The highest BCUT2D eigenvalue weighted by molar-refractivity contribution is 5.47. The molecular weight excluding hydrogens is 210 g/mol. The fraction of sp³-hybridized carbons (Fsp3) is 0.600. The number of hydrogen-bond donors (Lipinski definition) is 2. The molecule has 1 aromatic carbocycles. The average molecular weight is 235 g/mol. The third kappa shape index (κ3) is 4.04. The predicted molar refractivity (Wildman–Crippen MR) is 74.4 cm³/mol. The van der Waals surface area contributed by atoms with Crippen molar-refractivity contribution < 1.29 is 5.11 Å². The van der Waals surface area contributed by atoms with Crippen LogP contribution in [0.15, 0.2) is 24.3 Å². The largest absolute Gasteiger partial charge is 0.394 e. The predicted octanol–water partition coefficient (Wildman–Crippen LogP) is 3.74. The molecule has 0 spiro atoms. The minimum Gasteiger partial charge on any atom is -0.394 e. The third-order valence-electron chi connectivity index (χ3n) is 3.42. The highest BCUT2D eigenvalue weighted by Crippen LogP contribution is 2.24. The summed E-state index contributed by atoms with van der Waals surface area (Å²) in [6.07, 6.45) is 4.27. The van der Waals surface area contributed by atoms with Crippen molar-refractivity contribution in [3.63, 3.8) is 0 Å². The summed E-state index contributed by atoms with van der Waals surface area (Å²) in [5.74, 6) is 0. The summed E-state index contributed by atoms with van der Waals surface area (Å²) in [4.78, 5) is 0. The average Bonchev–Trinajstić information content (AvgIpc) is 2.35. The zero-order chi connectivity index (χ0) is 12.7. The van der Waals surface area contributed by atoms with Crippen LogP contribution in [0.1, 0.15) is 45.1 Å². The second-order valence-electron chi connectivity index (χ2n) is 4.89. The van der Waals surface area contributed by atoms with E-state index in [9.17, 15) is 5.11 Å². The van der Waals surface area contributed by atoms with Crippen LogP contribution in [0, 0.1) is 6.92 Å². The van der Waals surface area contributed by atoms with E-state index in [-0.39, 0.29) is 12.1 Å². The fourth-order valence-electron chi connectivity index (χ4n) is 2.10. The highest BCUT2D eigenvalue weighted by Gasteiger charge is 2.26. The Morgan fingerprint density at radius 1 is 1.29 bits per heavy atom. The Bertz CT molecular complexity index is 331. The summed E-state index contributed by atoms with van der Waals surface area (Å²) in [7, 11) is 0. The van der Waals surface area contributed by atoms with Crippen molar-refractivity contribution in [1.29, 1.82) is 0 Å². The number of rotatable bonds is 7. The number of nitrogens with one attached hydrogen (secondary N) is 1. The molecule has 1 rings (SSSR count). The van der Waals surface area contributed by atoms with Gasteiger partial charge in [-0.15, -0.1) is 0 Å². The lowest BCUT2D eigenvalue weighted by atomic mass is 9.90. The second kappa shape index (κ2) is 6.65. The first-order chi connectivity index (χ1) is 8.15. The topological polar surface area (TPSA) is 32.3 Å². The Morgan fingerprint density at radius 3 is 2.59 bits per heavy atom. The van der Waals surface area contributed by atoms with Crippen LogP contribution in [-0.2, 0) is 0 Å². The van der Waals surface area contributed by atoms with Crippen molar-refractivity contribution in [2.45, 2.75) is 52.0 Å². The SMILES string of the molecule is CCCCC(CC)(CO)Nc1cccc(C)c1. The molecule has 0 aromatic heterocycles. The molecular formula is C15H25NO. The number of benzene rings is 1. The normalized spacial score (nSPS) is 14.4. The zero-order valence-electron chi connectivity index (χ0n) is 11.3. The van der Waals surface area contributed by atoms with Crippen molar-refractivity contribution in [3.05, 3.63) is 29.8 Å². The quantitative estimate of drug-likeness (QED) is 0.754. The van der Waals surface area contributed by atoms with Crippen LogP contribution in [-0.4, -0.2) is 17.3 Å². The second-order valence-corrected chi connectivity index (χ2v) is 4.89. The molecule has 1 atom stereocenters. The molecule has 0 heterocycles. The maximum absolute atomic E-state index is 9.67. The minimum absolute atomic E-state index is 0.163. The highest BCUT2D eigenvalue weighted by atomic mass is 16.3. The van der Waals surface area contributed by atoms with Gasteiger partial charge in [-0.25, -0.2) is 0 Å². The summed E-state index contributed by atoms with van der Waals surface area (Å²) in [6.45, 7) is 6.60. The minimum atomic E-state index is -0.163. The lowest BCUT2D eigenvalue weighted by Gasteiger charge is -2.33. The van der Waals surface area contributed by atoms with Gasteiger partial charge in [-0.3, -0.25) is 0 Å². The van der Waals surface area contributed by atoms with E-state index in [1.807, 2.05) is 0 Å². The van der Waals surface area contributed by atoms with Crippen molar-refractivity contribution in [2.24, 2.45) is 0 Å². The number of aliphatic hydroxyl groups excluding tert-OH is 1. The molecule has 96 valence electrons. The molecule has 17 heavy (non-hydrogen) atoms. The first kappa shape index (κ1) is 14.0. The van der Waals surface area contributed by atoms with Gasteiger partial charge in [0, 0.05) is 5.69 Å². The Morgan fingerprint density at radius 2 is 2.06 bits per heavy atom. The number of aliphatic hydroxyl groups is 1. The number of anilines is 1. The summed E-state index contributed by atoms with van der Waals surface area (Å²) >= 11 is 0. The smallest absolute Gasteiger partial charge is 0.0661 e. The summed E-state index contributed by atoms with van der Waals surface area (Å²) in [5, 5.41) is 13.2. The Kier molecular flexibility index (Phi) is 5.49. The van der Waals surface area contributed by atoms with E-state index >= 15 is 0 Å². The molecule has 0 aliphatic rings. The molecule has 0 bridgehead atoms. The van der Waals surface area contributed by atoms with Gasteiger partial charge in [0.1, 0.15) is 0 Å². The van der Waals surface area contributed by atoms with E-state index in [0.717, 1.165) is 31.4 Å². The standard InChI is InChI=1S/C15H25NO/c1-4-6-10-15(5-2,12-17)16-14-9-7-8-13(3)11-14/h7-9,11,16-17H,4-6,10,12H2,1-3H3. The van der Waals surface area contributed by atoms with Crippen LogP contribution >= 0.6 is 0 Å². The van der Waals surface area contributed by atoms with Gasteiger partial charge in [-0.05, 0) is 37.5 Å². The molecule has 0 aliphatic heterocycles. The van der Waals surface area contributed by atoms with Gasteiger partial charge < -0.3 is 10.4 Å². The first-order valence-corrected chi connectivity index (χ1v) is 6.61. The van der Waals surface area contributed by atoms with Gasteiger partial charge in [-0.1, -0.05) is 38.8 Å². The third-order valence-corrected chi connectivity index (χ3v) is 3.42. The van der Waals surface area contributed by atoms with Crippen molar-refractivity contribution in [2.75, 3.05) is 11.9 Å². The number of aryl methyl sites for hydroxylation is 1. The number of hydrogen-bond acceptors (Lipinski definition) is 2. The number of unbranched alkanes of at least 4 members (excludes halogenated alkanes) is 1. The molecule has 2 nitrogen and oxygen atoms in total. The van der Waals surface area contributed by atoms with Crippen LogP contribution in [0.25, 0.3) is 0 Å². The van der Waals surface area contributed by atoms with Crippen LogP contribution < -0.4 is 5.32 Å². The van der Waals surface area contributed by atoms with Gasteiger partial charge in [0.2, 0.25) is 0 Å². The monoisotopic (exact) mass is 235 g/mol. The fourth-order valence-corrected chi connectivity index (χ4v) is 2.10. The Balaban J connectivity index is 2.78. The summed E-state index contributed by atoms with van der Waals surface area (Å²) in [6, 6.07) is 8.34. The zero-order valence-corrected chi connectivity index (χ0v) is 11.3. The molecule has 1 aromatic rings. The van der Waals surface area contributed by atoms with Gasteiger partial charge in [0.25, 0.3) is 0 Å². The first-order valence-electron chi connectivity index (χ1n) is 6.61. The molecule has 0 fully saturated rings. The van der Waals surface area contributed by atoms with Gasteiger partial charge in [0.05, 0.1) is 12.1 Å². The molecule has 0 aliphatic carbocycles. The van der Waals surface area contributed by atoms with Crippen LogP contribution in [0.5, 0.6) is 0 Å². The van der Waals surface area contributed by atoms with Gasteiger partial charge in [0.15, 0.2) is 0 Å². The molecule has 0 radical (unpaired) electrons. The van der Waals surface area contributed by atoms with Crippen molar-refractivity contribution in [3.8, 4) is 0 Å². The summed E-state index contributed by atoms with van der Waals surface area (Å²) < 4.78 is 0. The van der Waals surface area contributed by atoms with Crippen LogP contribution in [0.4, 0.5) is 5.69 Å². The lowest BCUT2D eigenvalue weighted by Crippen LogP contribution is -2.41. The van der Waals surface area contributed by atoms with E-state index in [1.165, 1.54) is 5.56 Å². The van der Waals surface area contributed by atoms with E-state index < -0.39 is 0 Å². The van der Waals surface area contributed by atoms with E-state index in [0.29, 0.717) is 0 Å². The van der Waals surface area contributed by atoms with Crippen LogP contribution in [0.3, 0.4) is 0 Å². The van der Waals surface area contributed by atoms with E-state index in [1.54, 1.807) is 0 Å². The van der Waals surface area contributed by atoms with Crippen molar-refractivity contribution >= 4 is 5.69 Å². The molecule has 2 N–H and O–H groups in total. The van der Waals surface area contributed by atoms with Crippen molar-refractivity contribution in [1.82, 2.24) is 0 Å². The molecule has 0 amide bonds. The Labute approximate surface area is 105 Å². The van der Waals surface area contributed by atoms with Gasteiger partial charge >= 0.3 is 0 Å². The molecule has 0 saturated carbocycles. The lowest BCUT2D eigenvalue weighted by molar-refractivity contribution is 0.195. The maximum atomic E-state index is 9.67. The molecule has 1 unspecified atom stereocenters. The van der Waals surface area contributed by atoms with E-state index in [4.69, 9.17) is 0 Å². The maximum Gasteiger partial charge on any atom is 0.0661 e. The molecule has 2 heteroatoms. The van der Waals surface area contributed by atoms with Gasteiger partial charge in [-0.2, -0.15) is 0 Å². The van der Waals surface area contributed by atoms with E-state index in [2.05, 4.69) is 50.4 Å². The summed E-state index contributed by atoms with van der Waals surface area (Å²) in [5.41, 5.74) is 2.19. The Hall–Kier alpha value is -1.02.